The number of nitrogens with one attached hydrogen (secondary N) is 1. The fraction of sp³-hybridized carbons (Fsp3) is 0.591. The Morgan fingerprint density at radius 2 is 2.06 bits per heavy atom. The van der Waals surface area contributed by atoms with Gasteiger partial charge in [-0.25, -0.2) is 13.2 Å². The third-order valence-corrected chi connectivity index (χ3v) is 9.41. The molecule has 33 heavy (non-hydrogen) atoms. The van der Waals surface area contributed by atoms with E-state index in [9.17, 15) is 18.0 Å². The highest BCUT2D eigenvalue weighted by atomic mass is 32.2. The summed E-state index contributed by atoms with van der Waals surface area (Å²) in [7, 11) is -3.75. The number of hydrogen-bond acceptors (Lipinski definition) is 7. The van der Waals surface area contributed by atoms with Crippen molar-refractivity contribution in [2.75, 3.05) is 25.0 Å². The number of sulfonamides is 1. The van der Waals surface area contributed by atoms with Crippen molar-refractivity contribution in [3.63, 3.8) is 0 Å². The second kappa shape index (κ2) is 9.55. The van der Waals surface area contributed by atoms with Crippen LogP contribution in [0.15, 0.2) is 11.1 Å². The van der Waals surface area contributed by atoms with Gasteiger partial charge in [-0.3, -0.25) is 9.48 Å². The maximum Gasteiger partial charge on any atom is 0.341 e. The molecule has 0 bridgehead atoms. The lowest BCUT2D eigenvalue weighted by atomic mass is 9.99. The number of ether oxygens (including phenoxy) is 1. The van der Waals surface area contributed by atoms with Crippen molar-refractivity contribution >= 4 is 38.2 Å². The van der Waals surface area contributed by atoms with Crippen LogP contribution in [0.4, 0.5) is 5.00 Å². The first-order chi connectivity index (χ1) is 15.8. The number of fused-ring (bicyclic) bond motifs is 1. The van der Waals surface area contributed by atoms with Gasteiger partial charge in [0.1, 0.15) is 9.90 Å². The van der Waals surface area contributed by atoms with E-state index in [2.05, 4.69) is 10.4 Å². The molecule has 1 atom stereocenters. The first-order valence-corrected chi connectivity index (χ1v) is 13.7. The molecule has 0 radical (unpaired) electrons. The number of thiophene rings is 1. The number of hydrogen-bond donors (Lipinski definition) is 1. The zero-order valence-corrected chi connectivity index (χ0v) is 20.9. The van der Waals surface area contributed by atoms with Crippen LogP contribution in [0.5, 0.6) is 0 Å². The van der Waals surface area contributed by atoms with Crippen LogP contribution in [0.1, 0.15) is 59.6 Å². The number of anilines is 1. The van der Waals surface area contributed by atoms with Gasteiger partial charge in [0.05, 0.1) is 23.8 Å². The minimum Gasteiger partial charge on any atom is -0.462 e. The molecule has 11 heteroatoms. The van der Waals surface area contributed by atoms with Gasteiger partial charge >= 0.3 is 5.97 Å². The van der Waals surface area contributed by atoms with Crippen molar-refractivity contribution in [2.45, 2.75) is 64.3 Å². The third-order valence-electron chi connectivity index (χ3n) is 6.24. The Hall–Kier alpha value is -2.24. The maximum atomic E-state index is 13.3. The molecule has 1 saturated heterocycles. The minimum absolute atomic E-state index is 0.102. The quantitative estimate of drug-likeness (QED) is 0.593. The predicted octanol–water partition coefficient (Wildman–Crippen LogP) is 2.98. The summed E-state index contributed by atoms with van der Waals surface area (Å²) in [4.78, 5) is 27.0. The lowest BCUT2D eigenvalue weighted by molar-refractivity contribution is -0.120. The van der Waals surface area contributed by atoms with Crippen molar-refractivity contribution in [1.82, 2.24) is 14.1 Å². The number of esters is 1. The molecule has 9 nitrogen and oxygen atoms in total. The predicted molar refractivity (Wildman–Crippen MR) is 125 cm³/mol. The summed E-state index contributed by atoms with van der Waals surface area (Å²) in [5, 5.41) is 7.70. The van der Waals surface area contributed by atoms with Gasteiger partial charge in [-0.2, -0.15) is 9.40 Å². The molecule has 0 spiro atoms. The summed E-state index contributed by atoms with van der Waals surface area (Å²) < 4.78 is 34.7. The number of aromatic nitrogens is 2. The molecule has 1 amide bonds. The van der Waals surface area contributed by atoms with Gasteiger partial charge in [-0.1, -0.05) is 0 Å². The molecule has 4 rings (SSSR count). The second-order valence-electron chi connectivity index (χ2n) is 8.41. The van der Waals surface area contributed by atoms with E-state index in [0.29, 0.717) is 42.2 Å². The molecule has 1 fully saturated rings. The highest BCUT2D eigenvalue weighted by molar-refractivity contribution is 7.89. The summed E-state index contributed by atoms with van der Waals surface area (Å²) in [6, 6.07) is 0. The van der Waals surface area contributed by atoms with Crippen molar-refractivity contribution in [3.8, 4) is 0 Å². The molecule has 0 unspecified atom stereocenters. The van der Waals surface area contributed by atoms with Crippen LogP contribution in [-0.4, -0.2) is 54.1 Å². The number of piperidine rings is 1. The van der Waals surface area contributed by atoms with Gasteiger partial charge in [0.15, 0.2) is 0 Å². The molecule has 180 valence electrons. The van der Waals surface area contributed by atoms with Crippen LogP contribution < -0.4 is 5.32 Å². The molecule has 2 aliphatic rings. The number of rotatable bonds is 7. The Labute approximate surface area is 198 Å². The van der Waals surface area contributed by atoms with E-state index in [1.165, 1.54) is 15.6 Å². The lowest BCUT2D eigenvalue weighted by Crippen LogP contribution is -2.43. The molecular weight excluding hydrogens is 464 g/mol. The summed E-state index contributed by atoms with van der Waals surface area (Å²) in [6.07, 6.45) is 5.41. The van der Waals surface area contributed by atoms with Crippen LogP contribution in [0.3, 0.4) is 0 Å². The molecule has 2 aromatic heterocycles. The van der Waals surface area contributed by atoms with Gasteiger partial charge in [0, 0.05) is 30.7 Å². The van der Waals surface area contributed by atoms with Crippen molar-refractivity contribution < 1.29 is 22.7 Å². The summed E-state index contributed by atoms with van der Waals surface area (Å²) in [6.45, 7) is 6.64. The highest BCUT2D eigenvalue weighted by Crippen LogP contribution is 2.40. The van der Waals surface area contributed by atoms with E-state index in [1.807, 2.05) is 6.92 Å². The summed E-state index contributed by atoms with van der Waals surface area (Å²) in [5.41, 5.74) is 1.89. The maximum absolute atomic E-state index is 13.3. The second-order valence-corrected chi connectivity index (χ2v) is 11.4. The van der Waals surface area contributed by atoms with E-state index in [-0.39, 0.29) is 24.0 Å². The standard InChI is InChI=1S/C22H30N4O5S2/c1-4-25-13-18(14(3)24-25)33(29,30)26-11-7-8-15(12-26)20(27)23-21-19(22(28)31-5-2)16-9-6-10-17(16)32-21/h13,15H,4-12H2,1-3H3,(H,23,27)/t15-/m1/s1. The Kier molecular flexibility index (Phi) is 6.92. The smallest absolute Gasteiger partial charge is 0.341 e. The number of amides is 1. The fourth-order valence-electron chi connectivity index (χ4n) is 4.55. The Balaban J connectivity index is 1.52. The van der Waals surface area contributed by atoms with Gasteiger partial charge in [-0.15, -0.1) is 11.3 Å². The normalized spacial score (nSPS) is 18.8. The van der Waals surface area contributed by atoms with Crippen molar-refractivity contribution in [3.05, 3.63) is 27.9 Å². The first kappa shape index (κ1) is 23.9. The largest absolute Gasteiger partial charge is 0.462 e. The van der Waals surface area contributed by atoms with E-state index in [1.54, 1.807) is 24.7 Å². The Morgan fingerprint density at radius 3 is 2.76 bits per heavy atom. The molecule has 0 aromatic carbocycles. The van der Waals surface area contributed by atoms with Gasteiger partial charge in [-0.05, 0) is 58.4 Å². The number of carbonyl (C=O) groups is 2. The van der Waals surface area contributed by atoms with Crippen LogP contribution >= 0.6 is 11.3 Å². The van der Waals surface area contributed by atoms with E-state index in [0.717, 1.165) is 29.7 Å². The summed E-state index contributed by atoms with van der Waals surface area (Å²) in [5.74, 6) is -1.17. The molecule has 0 saturated carbocycles. The zero-order chi connectivity index (χ0) is 23.8. The molecule has 2 aromatic rings. The average molecular weight is 495 g/mol. The monoisotopic (exact) mass is 494 g/mol. The molecule has 1 N–H and O–H groups in total. The van der Waals surface area contributed by atoms with Crippen molar-refractivity contribution in [2.24, 2.45) is 5.92 Å². The number of carbonyl (C=O) groups excluding carboxylic acids is 2. The fourth-order valence-corrected chi connectivity index (χ4v) is 7.53. The molecular formula is C22H30N4O5S2. The van der Waals surface area contributed by atoms with Crippen LogP contribution in [-0.2, 0) is 38.9 Å². The Bertz CT molecular complexity index is 1170. The minimum atomic E-state index is -3.75. The van der Waals surface area contributed by atoms with Gasteiger partial charge in [0.2, 0.25) is 15.9 Å². The van der Waals surface area contributed by atoms with Crippen LogP contribution in [0.25, 0.3) is 0 Å². The van der Waals surface area contributed by atoms with E-state index < -0.39 is 21.9 Å². The molecule has 1 aliphatic carbocycles. The third kappa shape index (κ3) is 4.58. The van der Waals surface area contributed by atoms with Gasteiger partial charge in [0.25, 0.3) is 0 Å². The van der Waals surface area contributed by atoms with Gasteiger partial charge < -0.3 is 10.1 Å². The van der Waals surface area contributed by atoms with Crippen LogP contribution in [0, 0.1) is 12.8 Å². The summed E-state index contributed by atoms with van der Waals surface area (Å²) >= 11 is 1.43. The number of nitrogens with zero attached hydrogens (tertiary/aromatic N) is 3. The molecule has 1 aliphatic heterocycles. The lowest BCUT2D eigenvalue weighted by Gasteiger charge is -2.31. The SMILES string of the molecule is CCOC(=O)c1c(NC(=O)[C@@H]2CCCN(S(=O)(=O)c3cn(CC)nc3C)C2)sc2c1CCC2. The van der Waals surface area contributed by atoms with Crippen LogP contribution in [0.2, 0.25) is 0 Å². The van der Waals surface area contributed by atoms with Crippen molar-refractivity contribution in [1.29, 1.82) is 0 Å². The van der Waals surface area contributed by atoms with E-state index in [4.69, 9.17) is 4.74 Å². The Morgan fingerprint density at radius 1 is 1.27 bits per heavy atom. The average Bonchev–Trinajstić information content (AvgIpc) is 3.48. The zero-order valence-electron chi connectivity index (χ0n) is 19.2. The highest BCUT2D eigenvalue weighted by Gasteiger charge is 2.36. The topological polar surface area (TPSA) is 111 Å². The van der Waals surface area contributed by atoms with E-state index >= 15 is 0 Å². The molecule has 3 heterocycles. The number of aryl methyl sites for hydroxylation is 3. The first-order valence-electron chi connectivity index (χ1n) is 11.4.